The SMILES string of the molecule is CCc1cc(C)c(C)c(-c2c3ccc([Si](C)(C)Cc4ccccc4)cc3cc[n+]2C)c1. The van der Waals surface area contributed by atoms with Crippen molar-refractivity contribution in [3.8, 4) is 11.3 Å². The minimum absolute atomic E-state index is 1.06. The molecule has 0 radical (unpaired) electrons. The summed E-state index contributed by atoms with van der Waals surface area (Å²) in [6, 6.07) is 26.3. The summed E-state index contributed by atoms with van der Waals surface area (Å²) in [5.74, 6) is 0. The Bertz CT molecular complexity index is 1240. The van der Waals surface area contributed by atoms with Crippen molar-refractivity contribution in [3.05, 3.63) is 95.2 Å². The van der Waals surface area contributed by atoms with Gasteiger partial charge < -0.3 is 0 Å². The molecular formula is C29H34NSi+. The van der Waals surface area contributed by atoms with Crippen molar-refractivity contribution < 1.29 is 4.57 Å². The molecule has 3 aromatic carbocycles. The van der Waals surface area contributed by atoms with Gasteiger partial charge in [-0.25, -0.2) is 4.57 Å². The number of fused-ring (bicyclic) bond motifs is 1. The van der Waals surface area contributed by atoms with Gasteiger partial charge in [0.05, 0.1) is 19.0 Å². The summed E-state index contributed by atoms with van der Waals surface area (Å²) in [4.78, 5) is 0. The summed E-state index contributed by atoms with van der Waals surface area (Å²) in [5.41, 5.74) is 8.29. The van der Waals surface area contributed by atoms with E-state index >= 15 is 0 Å². The van der Waals surface area contributed by atoms with Gasteiger partial charge >= 0.3 is 0 Å². The van der Waals surface area contributed by atoms with Crippen molar-refractivity contribution in [2.24, 2.45) is 7.05 Å². The maximum atomic E-state index is 2.49. The highest BCUT2D eigenvalue weighted by Crippen LogP contribution is 2.30. The summed E-state index contributed by atoms with van der Waals surface area (Å²) >= 11 is 0. The molecule has 0 aliphatic rings. The van der Waals surface area contributed by atoms with Gasteiger partial charge in [-0.1, -0.05) is 79.3 Å². The van der Waals surface area contributed by atoms with Gasteiger partial charge in [-0.3, -0.25) is 0 Å². The van der Waals surface area contributed by atoms with Gasteiger partial charge in [0.25, 0.3) is 0 Å². The van der Waals surface area contributed by atoms with Crippen molar-refractivity contribution in [3.63, 3.8) is 0 Å². The third-order valence-corrected chi connectivity index (χ3v) is 9.96. The fourth-order valence-electron chi connectivity index (χ4n) is 4.72. The largest absolute Gasteiger partial charge is 0.220 e. The maximum Gasteiger partial charge on any atom is 0.220 e. The van der Waals surface area contributed by atoms with Crippen LogP contribution in [0.25, 0.3) is 22.0 Å². The summed E-state index contributed by atoms with van der Waals surface area (Å²) in [6.45, 7) is 11.7. The molecule has 31 heavy (non-hydrogen) atoms. The normalized spacial score (nSPS) is 11.8. The Morgan fingerprint density at radius 3 is 2.29 bits per heavy atom. The Kier molecular flexibility index (Phi) is 5.85. The molecule has 4 aromatic rings. The first-order valence-electron chi connectivity index (χ1n) is 11.4. The highest BCUT2D eigenvalue weighted by Gasteiger charge is 2.25. The van der Waals surface area contributed by atoms with E-state index in [1.165, 1.54) is 55.5 Å². The highest BCUT2D eigenvalue weighted by atomic mass is 28.3. The molecule has 0 fully saturated rings. The van der Waals surface area contributed by atoms with Crippen LogP contribution in [0.4, 0.5) is 0 Å². The number of aryl methyl sites for hydroxylation is 3. The van der Waals surface area contributed by atoms with Crippen molar-refractivity contribution in [2.75, 3.05) is 0 Å². The highest BCUT2D eigenvalue weighted by molar-refractivity contribution is 6.89. The van der Waals surface area contributed by atoms with Gasteiger partial charge in [0, 0.05) is 6.07 Å². The molecule has 1 nitrogen and oxygen atoms in total. The van der Waals surface area contributed by atoms with Crippen LogP contribution in [0.3, 0.4) is 0 Å². The van der Waals surface area contributed by atoms with Gasteiger partial charge in [0.15, 0.2) is 6.20 Å². The van der Waals surface area contributed by atoms with E-state index in [0.29, 0.717) is 0 Å². The quantitative estimate of drug-likeness (QED) is 0.265. The van der Waals surface area contributed by atoms with E-state index in [9.17, 15) is 0 Å². The molecular weight excluding hydrogens is 390 g/mol. The molecule has 0 aliphatic heterocycles. The average Bonchev–Trinajstić information content (AvgIpc) is 2.76. The van der Waals surface area contributed by atoms with Crippen molar-refractivity contribution in [1.82, 2.24) is 0 Å². The van der Waals surface area contributed by atoms with Crippen LogP contribution in [0, 0.1) is 13.8 Å². The number of nitrogens with zero attached hydrogens (tertiary/aromatic N) is 1. The second-order valence-corrected chi connectivity index (χ2v) is 14.3. The van der Waals surface area contributed by atoms with Gasteiger partial charge in [-0.15, -0.1) is 0 Å². The van der Waals surface area contributed by atoms with Crippen molar-refractivity contribution >= 4 is 24.0 Å². The van der Waals surface area contributed by atoms with Gasteiger partial charge in [0.1, 0.15) is 7.05 Å². The zero-order chi connectivity index (χ0) is 22.2. The third-order valence-electron chi connectivity index (χ3n) is 6.80. The minimum atomic E-state index is -1.59. The lowest BCUT2D eigenvalue weighted by Gasteiger charge is -2.24. The second-order valence-electron chi connectivity index (χ2n) is 9.56. The first kappa shape index (κ1) is 21.5. The minimum Gasteiger partial charge on any atom is -0.200 e. The predicted octanol–water partition coefficient (Wildman–Crippen LogP) is 6.21. The molecule has 0 aliphatic carbocycles. The average molecular weight is 425 g/mol. The van der Waals surface area contributed by atoms with E-state index in [1.54, 1.807) is 0 Å². The molecule has 0 saturated heterocycles. The summed E-state index contributed by atoms with van der Waals surface area (Å²) in [7, 11) is 0.582. The Labute approximate surface area is 188 Å². The third kappa shape index (κ3) is 4.22. The van der Waals surface area contributed by atoms with Crippen molar-refractivity contribution in [2.45, 2.75) is 46.3 Å². The van der Waals surface area contributed by atoms with Crippen LogP contribution in [0.15, 0.2) is 72.9 Å². The number of aromatic nitrogens is 1. The first-order chi connectivity index (χ1) is 14.8. The predicted molar refractivity (Wildman–Crippen MR) is 137 cm³/mol. The molecule has 0 atom stereocenters. The topological polar surface area (TPSA) is 3.88 Å². The van der Waals surface area contributed by atoms with Crippen LogP contribution >= 0.6 is 0 Å². The lowest BCUT2D eigenvalue weighted by atomic mass is 9.93. The molecule has 0 bridgehead atoms. The van der Waals surface area contributed by atoms with Gasteiger partial charge in [-0.2, -0.15) is 0 Å². The van der Waals surface area contributed by atoms with E-state index < -0.39 is 8.07 Å². The molecule has 0 amide bonds. The molecule has 1 heterocycles. The maximum absolute atomic E-state index is 2.49. The van der Waals surface area contributed by atoms with Crippen LogP contribution in [0.2, 0.25) is 13.1 Å². The summed E-state index contributed by atoms with van der Waals surface area (Å²) in [6.07, 6.45) is 3.28. The first-order valence-corrected chi connectivity index (χ1v) is 14.6. The van der Waals surface area contributed by atoms with Crippen LogP contribution in [-0.2, 0) is 19.5 Å². The fraction of sp³-hybridized carbons (Fsp3) is 0.276. The number of hydrogen-bond donors (Lipinski definition) is 0. The zero-order valence-electron chi connectivity index (χ0n) is 19.8. The Morgan fingerprint density at radius 2 is 1.58 bits per heavy atom. The molecule has 0 spiro atoms. The lowest BCUT2D eigenvalue weighted by Crippen LogP contribution is -2.44. The van der Waals surface area contributed by atoms with E-state index in [2.05, 4.69) is 118 Å². The van der Waals surface area contributed by atoms with Crippen LogP contribution < -0.4 is 9.75 Å². The monoisotopic (exact) mass is 424 g/mol. The Balaban J connectivity index is 1.84. The number of benzene rings is 3. The molecule has 158 valence electrons. The number of pyridine rings is 1. The van der Waals surface area contributed by atoms with Gasteiger partial charge in [0.2, 0.25) is 5.69 Å². The van der Waals surface area contributed by atoms with Gasteiger partial charge in [-0.05, 0) is 60.5 Å². The van der Waals surface area contributed by atoms with Crippen LogP contribution in [-0.4, -0.2) is 8.07 Å². The van der Waals surface area contributed by atoms with E-state index in [1.807, 2.05) is 0 Å². The molecule has 2 heteroatoms. The summed E-state index contributed by atoms with van der Waals surface area (Å²) < 4.78 is 2.29. The smallest absolute Gasteiger partial charge is 0.200 e. The second kappa shape index (κ2) is 8.43. The van der Waals surface area contributed by atoms with Crippen molar-refractivity contribution in [1.29, 1.82) is 0 Å². The molecule has 0 N–H and O–H groups in total. The fourth-order valence-corrected chi connectivity index (χ4v) is 7.26. The number of rotatable bonds is 5. The molecule has 0 saturated carbocycles. The van der Waals surface area contributed by atoms with Crippen LogP contribution in [0.5, 0.6) is 0 Å². The molecule has 4 rings (SSSR count). The molecule has 1 aromatic heterocycles. The molecule has 0 unspecified atom stereocenters. The van der Waals surface area contributed by atoms with E-state index in [-0.39, 0.29) is 0 Å². The Morgan fingerprint density at radius 1 is 0.839 bits per heavy atom. The van der Waals surface area contributed by atoms with Crippen LogP contribution in [0.1, 0.15) is 29.2 Å². The lowest BCUT2D eigenvalue weighted by molar-refractivity contribution is -0.659. The Hall–Kier alpha value is -2.71. The van der Waals surface area contributed by atoms with E-state index in [0.717, 1.165) is 6.42 Å². The number of hydrogen-bond acceptors (Lipinski definition) is 0. The standard InChI is InChI=1S/C29H34NSi/c1-7-23-17-21(2)22(3)28(18-23)29-27-14-13-26(19-25(27)15-16-30(29)4)31(5,6)20-24-11-9-8-10-12-24/h8-19H,7,20H2,1-6H3/q+1. The summed E-state index contributed by atoms with van der Waals surface area (Å²) in [5, 5.41) is 4.21. The van der Waals surface area contributed by atoms with E-state index in [4.69, 9.17) is 0 Å². The zero-order valence-corrected chi connectivity index (χ0v) is 20.8.